The normalized spacial score (nSPS) is 14.4. The number of carboxylic acid groups (broad SMARTS) is 1. The first-order chi connectivity index (χ1) is 4.83. The Hall–Kier alpha value is -0.730. The molecule has 11 heavy (non-hydrogen) atoms. The van der Waals surface area contributed by atoms with Gasteiger partial charge < -0.3 is 10.8 Å². The first-order valence-corrected chi connectivity index (χ1v) is 3.71. The lowest BCUT2D eigenvalue weighted by Crippen LogP contribution is -2.35. The third kappa shape index (κ3) is 5.70. The van der Waals surface area contributed by atoms with Crippen molar-refractivity contribution < 1.29 is 26.4 Å². The number of hydrogen-bond donors (Lipinski definition) is 2. The van der Waals surface area contributed by atoms with Gasteiger partial charge in [0.25, 0.3) is 0 Å². The van der Waals surface area contributed by atoms with Gasteiger partial charge in [-0.15, -0.1) is 0 Å². The lowest BCUT2D eigenvalue weighted by molar-refractivity contribution is -0.139. The molecule has 0 spiro atoms. The van der Waals surface area contributed by atoms with E-state index in [1.165, 1.54) is 0 Å². The molecule has 0 aromatic carbocycles. The Morgan fingerprint density at radius 2 is 2.18 bits per heavy atom. The highest BCUT2D eigenvalue weighted by Gasteiger charge is 2.16. The summed E-state index contributed by atoms with van der Waals surface area (Å²) in [4.78, 5) is 9.89. The summed E-state index contributed by atoms with van der Waals surface area (Å²) in [5.74, 6) is -1.46. The van der Waals surface area contributed by atoms with Crippen LogP contribution >= 0.6 is 0 Å². The molecule has 1 atom stereocenters. The van der Waals surface area contributed by atoms with Crippen LogP contribution in [0.15, 0.2) is 0 Å². The van der Waals surface area contributed by atoms with Crippen molar-refractivity contribution in [1.29, 1.82) is 0 Å². The number of hydrogen-bond acceptors (Lipinski definition) is 5. The third-order valence-corrected chi connectivity index (χ3v) is 1.12. The van der Waals surface area contributed by atoms with Crippen LogP contribution in [0.5, 0.6) is 0 Å². The van der Waals surface area contributed by atoms with Gasteiger partial charge in [-0.1, -0.05) is 3.89 Å². The molecule has 0 saturated heterocycles. The summed E-state index contributed by atoms with van der Waals surface area (Å²) in [7, 11) is -5.10. The van der Waals surface area contributed by atoms with Crippen LogP contribution < -0.4 is 5.73 Å². The van der Waals surface area contributed by atoms with Gasteiger partial charge in [0.1, 0.15) is 6.04 Å². The van der Waals surface area contributed by atoms with E-state index in [9.17, 15) is 17.1 Å². The number of halogens is 1. The van der Waals surface area contributed by atoms with Crippen LogP contribution in [0.4, 0.5) is 3.89 Å². The van der Waals surface area contributed by atoms with Gasteiger partial charge in [-0.3, -0.25) is 4.79 Å². The zero-order chi connectivity index (χ0) is 9.07. The maximum absolute atomic E-state index is 11.5. The molecule has 8 heteroatoms. The minimum atomic E-state index is -5.10. The van der Waals surface area contributed by atoms with Gasteiger partial charge in [0.15, 0.2) is 0 Å². The van der Waals surface area contributed by atoms with Gasteiger partial charge in [-0.2, -0.15) is 8.42 Å². The summed E-state index contributed by atoms with van der Waals surface area (Å²) < 4.78 is 34.2. The highest BCUT2D eigenvalue weighted by Crippen LogP contribution is 1.94. The number of carboxylic acids is 1. The molecule has 0 aromatic rings. The Balaban J connectivity index is 3.82. The second kappa shape index (κ2) is 3.60. The summed E-state index contributed by atoms with van der Waals surface area (Å²) in [6.45, 7) is -0.909. The molecule has 0 heterocycles. The molecule has 0 aliphatic carbocycles. The zero-order valence-electron chi connectivity index (χ0n) is 5.23. The smallest absolute Gasteiger partial charge is 0.437 e. The van der Waals surface area contributed by atoms with Crippen molar-refractivity contribution in [2.24, 2.45) is 5.73 Å². The molecule has 6 nitrogen and oxygen atoms in total. The van der Waals surface area contributed by atoms with E-state index < -0.39 is 29.1 Å². The predicted molar refractivity (Wildman–Crippen MR) is 31.6 cm³/mol. The molecule has 0 fully saturated rings. The van der Waals surface area contributed by atoms with Crippen LogP contribution in [0.2, 0.25) is 0 Å². The predicted octanol–water partition coefficient (Wildman–Crippen LogP) is -1.37. The van der Waals surface area contributed by atoms with Crippen molar-refractivity contribution in [2.75, 3.05) is 6.61 Å². The summed E-state index contributed by atoms with van der Waals surface area (Å²) >= 11 is 0. The fourth-order valence-corrected chi connectivity index (χ4v) is 0.535. The molecule has 0 aliphatic rings. The Bertz CT molecular complexity index is 236. The van der Waals surface area contributed by atoms with Gasteiger partial charge >= 0.3 is 16.5 Å². The number of nitrogens with two attached hydrogens (primary N) is 1. The summed E-state index contributed by atoms with van der Waals surface area (Å²) in [5, 5.41) is 8.06. The topological polar surface area (TPSA) is 107 Å². The first kappa shape index (κ1) is 10.3. The molecule has 66 valence electrons. The number of rotatable bonds is 4. The molecule has 0 unspecified atom stereocenters. The average Bonchev–Trinajstić information content (AvgIpc) is 1.80. The SMILES string of the molecule is N[C@@H](COS(=O)(=O)F)C(=O)O. The van der Waals surface area contributed by atoms with Crippen molar-refractivity contribution in [2.45, 2.75) is 6.04 Å². The van der Waals surface area contributed by atoms with Gasteiger partial charge in [-0.05, 0) is 0 Å². The standard InChI is InChI=1S/C3H6FNO5S/c4-11(8,9)10-1-2(5)3(6)7/h2H,1,5H2,(H,6,7)/t2-/m0/s1. The molecule has 0 aliphatic heterocycles. The fraction of sp³-hybridized carbons (Fsp3) is 0.667. The average molecular weight is 187 g/mol. The van der Waals surface area contributed by atoms with Crippen LogP contribution in [-0.2, 0) is 19.5 Å². The number of carbonyl (C=O) groups is 1. The maximum Gasteiger partial charge on any atom is 0.437 e. The molecular formula is C3H6FNO5S. The highest BCUT2D eigenvalue weighted by atomic mass is 32.3. The molecule has 0 aromatic heterocycles. The van der Waals surface area contributed by atoms with E-state index >= 15 is 0 Å². The van der Waals surface area contributed by atoms with Crippen molar-refractivity contribution in [1.82, 2.24) is 0 Å². The summed E-state index contributed by atoms with van der Waals surface area (Å²) in [6, 6.07) is -1.54. The Labute approximate surface area is 62.2 Å². The first-order valence-electron chi connectivity index (χ1n) is 2.40. The van der Waals surface area contributed by atoms with E-state index in [1.807, 2.05) is 0 Å². The van der Waals surface area contributed by atoms with Gasteiger partial charge in [-0.25, -0.2) is 4.18 Å². The zero-order valence-corrected chi connectivity index (χ0v) is 6.04. The van der Waals surface area contributed by atoms with Gasteiger partial charge in [0, 0.05) is 0 Å². The van der Waals surface area contributed by atoms with Crippen LogP contribution in [-0.4, -0.2) is 32.1 Å². The second-order valence-electron chi connectivity index (χ2n) is 1.62. The quantitative estimate of drug-likeness (QED) is 0.526. The second-order valence-corrected chi connectivity index (χ2v) is 2.64. The third-order valence-electron chi connectivity index (χ3n) is 0.706. The van der Waals surface area contributed by atoms with E-state index in [0.29, 0.717) is 0 Å². The van der Waals surface area contributed by atoms with Crippen LogP contribution in [0.25, 0.3) is 0 Å². The van der Waals surface area contributed by atoms with E-state index in [4.69, 9.17) is 10.8 Å². The molecule has 0 saturated carbocycles. The van der Waals surface area contributed by atoms with Crippen molar-refractivity contribution >= 4 is 16.5 Å². The van der Waals surface area contributed by atoms with E-state index in [2.05, 4.69) is 4.18 Å². The van der Waals surface area contributed by atoms with Crippen LogP contribution in [0.1, 0.15) is 0 Å². The monoisotopic (exact) mass is 187 g/mol. The fourth-order valence-electron chi connectivity index (χ4n) is 0.226. The lowest BCUT2D eigenvalue weighted by atomic mass is 10.3. The number of aliphatic carboxylic acids is 1. The van der Waals surface area contributed by atoms with E-state index in [0.717, 1.165) is 0 Å². The van der Waals surface area contributed by atoms with Crippen LogP contribution in [0.3, 0.4) is 0 Å². The van der Waals surface area contributed by atoms with Crippen molar-refractivity contribution in [3.8, 4) is 0 Å². The van der Waals surface area contributed by atoms with Gasteiger partial charge in [0.05, 0.1) is 6.61 Å². The Kier molecular flexibility index (Phi) is 3.36. The van der Waals surface area contributed by atoms with E-state index in [1.54, 1.807) is 0 Å². The van der Waals surface area contributed by atoms with Crippen LogP contribution in [0, 0.1) is 0 Å². The Morgan fingerprint density at radius 3 is 2.45 bits per heavy atom. The highest BCUT2D eigenvalue weighted by molar-refractivity contribution is 7.81. The summed E-state index contributed by atoms with van der Waals surface area (Å²) in [6.07, 6.45) is 0. The van der Waals surface area contributed by atoms with E-state index in [-0.39, 0.29) is 0 Å². The minimum Gasteiger partial charge on any atom is -0.480 e. The molecule has 0 bridgehead atoms. The largest absolute Gasteiger partial charge is 0.480 e. The van der Waals surface area contributed by atoms with Gasteiger partial charge in [0.2, 0.25) is 0 Å². The van der Waals surface area contributed by atoms with Crippen molar-refractivity contribution in [3.63, 3.8) is 0 Å². The van der Waals surface area contributed by atoms with Crippen molar-refractivity contribution in [3.05, 3.63) is 0 Å². The molecule has 0 radical (unpaired) electrons. The molecule has 3 N–H and O–H groups in total. The minimum absolute atomic E-state index is 0.909. The lowest BCUT2D eigenvalue weighted by Gasteiger charge is -2.02. The summed E-state index contributed by atoms with van der Waals surface area (Å²) in [5.41, 5.74) is 4.77. The Morgan fingerprint density at radius 1 is 1.73 bits per heavy atom. The molecule has 0 amide bonds. The molecule has 0 rings (SSSR count). The molecular weight excluding hydrogens is 181 g/mol. The maximum atomic E-state index is 11.5.